The van der Waals surface area contributed by atoms with Gasteiger partial charge < -0.3 is 13.7 Å². The van der Waals surface area contributed by atoms with Crippen LogP contribution in [0.5, 0.6) is 0 Å². The zero-order chi connectivity index (χ0) is 32.6. The van der Waals surface area contributed by atoms with Crippen molar-refractivity contribution in [3.8, 4) is 29.2 Å². The highest BCUT2D eigenvalue weighted by molar-refractivity contribution is 6.32. The summed E-state index contributed by atoms with van der Waals surface area (Å²) in [6, 6.07) is 57.0. The molecule has 0 spiro atoms. The van der Waals surface area contributed by atoms with Crippen LogP contribution in [-0.4, -0.2) is 13.7 Å². The monoisotopic (exact) mass is 623 g/mol. The minimum atomic E-state index is 0.596. The lowest BCUT2D eigenvalue weighted by Crippen LogP contribution is -1.97. The van der Waals surface area contributed by atoms with Gasteiger partial charge in [0.15, 0.2) is 0 Å². The maximum atomic E-state index is 10.9. The summed E-state index contributed by atoms with van der Waals surface area (Å²) >= 11 is 0. The standard InChI is InChI=1S/C44H25N5/c45-26-28-19-21-32(22-20-28)49-43-35(23-24-38-41(43)33-15-7-9-17-36(33)47(38)30-11-3-1-4-12-30)40-29(27-46)25-39-42(44(40)49)34-16-8-10-18-37(34)48(39)31-13-5-2-6-14-31/h1-25H. The summed E-state index contributed by atoms with van der Waals surface area (Å²) < 4.78 is 6.93. The minimum Gasteiger partial charge on any atom is -0.309 e. The maximum Gasteiger partial charge on any atom is 0.0999 e. The first kappa shape index (κ1) is 27.1. The van der Waals surface area contributed by atoms with Crippen LogP contribution >= 0.6 is 0 Å². The second kappa shape index (κ2) is 10.2. The lowest BCUT2D eigenvalue weighted by molar-refractivity contribution is 1.17. The average molecular weight is 624 g/mol. The Labute approximate surface area is 280 Å². The molecule has 226 valence electrons. The first-order valence-electron chi connectivity index (χ1n) is 16.2. The van der Waals surface area contributed by atoms with Gasteiger partial charge in [0.2, 0.25) is 0 Å². The zero-order valence-electron chi connectivity index (χ0n) is 26.2. The first-order chi connectivity index (χ1) is 24.3. The molecule has 0 amide bonds. The van der Waals surface area contributed by atoms with E-state index in [1.54, 1.807) is 0 Å². The number of hydrogen-bond acceptors (Lipinski definition) is 2. The largest absolute Gasteiger partial charge is 0.309 e. The van der Waals surface area contributed by atoms with Gasteiger partial charge in [0.05, 0.1) is 56.4 Å². The molecular weight excluding hydrogens is 599 g/mol. The predicted octanol–water partition coefficient (Wildman–Crippen LogP) is 10.7. The van der Waals surface area contributed by atoms with Crippen LogP contribution in [0.1, 0.15) is 11.1 Å². The summed E-state index contributed by atoms with van der Waals surface area (Å²) in [5.41, 5.74) is 10.5. The van der Waals surface area contributed by atoms with Gasteiger partial charge in [0.25, 0.3) is 0 Å². The second-order valence-electron chi connectivity index (χ2n) is 12.4. The number of aromatic nitrogens is 3. The number of nitrogens with zero attached hydrogens (tertiary/aromatic N) is 5. The van der Waals surface area contributed by atoms with E-state index < -0.39 is 0 Å². The van der Waals surface area contributed by atoms with Gasteiger partial charge in [-0.15, -0.1) is 0 Å². The normalized spacial score (nSPS) is 11.6. The van der Waals surface area contributed by atoms with Crippen LogP contribution in [0.15, 0.2) is 152 Å². The summed E-state index contributed by atoms with van der Waals surface area (Å²) in [5.74, 6) is 0. The van der Waals surface area contributed by atoms with Crippen LogP contribution in [0.2, 0.25) is 0 Å². The molecule has 0 N–H and O–H groups in total. The highest BCUT2D eigenvalue weighted by atomic mass is 15.0. The average Bonchev–Trinajstić information content (AvgIpc) is 3.81. The smallest absolute Gasteiger partial charge is 0.0999 e. The number of benzene rings is 7. The molecule has 5 heteroatoms. The van der Waals surface area contributed by atoms with E-state index in [1.165, 1.54) is 0 Å². The fourth-order valence-corrected chi connectivity index (χ4v) is 7.93. The molecule has 0 aliphatic heterocycles. The fourth-order valence-electron chi connectivity index (χ4n) is 7.93. The van der Waals surface area contributed by atoms with Gasteiger partial charge in [-0.2, -0.15) is 10.5 Å². The molecule has 7 aromatic carbocycles. The van der Waals surface area contributed by atoms with Gasteiger partial charge in [-0.05, 0) is 72.8 Å². The third kappa shape index (κ3) is 3.67. The lowest BCUT2D eigenvalue weighted by Gasteiger charge is -2.11. The number of rotatable bonds is 3. The van der Waals surface area contributed by atoms with Crippen molar-refractivity contribution in [1.82, 2.24) is 13.7 Å². The zero-order valence-corrected chi connectivity index (χ0v) is 26.2. The molecule has 0 radical (unpaired) electrons. The lowest BCUT2D eigenvalue weighted by atomic mass is 10.0. The Morgan fingerprint density at radius 1 is 0.367 bits per heavy atom. The highest BCUT2D eigenvalue weighted by Crippen LogP contribution is 2.47. The van der Waals surface area contributed by atoms with Gasteiger partial charge in [-0.25, -0.2) is 0 Å². The van der Waals surface area contributed by atoms with Crippen molar-refractivity contribution in [3.63, 3.8) is 0 Å². The van der Waals surface area contributed by atoms with Crippen LogP contribution in [0.3, 0.4) is 0 Å². The van der Waals surface area contributed by atoms with Gasteiger partial charge in [-0.3, -0.25) is 0 Å². The van der Waals surface area contributed by atoms with Crippen molar-refractivity contribution in [2.45, 2.75) is 0 Å². The van der Waals surface area contributed by atoms with Crippen molar-refractivity contribution in [2.24, 2.45) is 0 Å². The quantitative estimate of drug-likeness (QED) is 0.197. The Kier molecular flexibility index (Phi) is 5.64. The number of para-hydroxylation sites is 4. The van der Waals surface area contributed by atoms with Gasteiger partial charge >= 0.3 is 0 Å². The Balaban J connectivity index is 1.51. The molecular formula is C44H25N5. The minimum absolute atomic E-state index is 0.596. The Morgan fingerprint density at radius 3 is 1.49 bits per heavy atom. The van der Waals surface area contributed by atoms with Crippen LogP contribution < -0.4 is 0 Å². The van der Waals surface area contributed by atoms with Crippen molar-refractivity contribution in [3.05, 3.63) is 163 Å². The van der Waals surface area contributed by atoms with E-state index in [4.69, 9.17) is 0 Å². The highest BCUT2D eigenvalue weighted by Gasteiger charge is 2.26. The maximum absolute atomic E-state index is 10.9. The number of hydrogen-bond donors (Lipinski definition) is 0. The van der Waals surface area contributed by atoms with Gasteiger partial charge in [-0.1, -0.05) is 78.9 Å². The molecule has 0 unspecified atom stereocenters. The fraction of sp³-hybridized carbons (Fsp3) is 0. The Hall–Kier alpha value is -7.08. The van der Waals surface area contributed by atoms with Crippen molar-refractivity contribution in [1.29, 1.82) is 10.5 Å². The Bertz CT molecular complexity index is 3040. The van der Waals surface area contributed by atoms with Crippen LogP contribution in [-0.2, 0) is 0 Å². The summed E-state index contributed by atoms with van der Waals surface area (Å²) in [6.45, 7) is 0. The molecule has 0 aliphatic carbocycles. The number of fused-ring (bicyclic) bond motifs is 11. The molecule has 10 rings (SSSR count). The Morgan fingerprint density at radius 2 is 0.898 bits per heavy atom. The number of nitriles is 2. The van der Waals surface area contributed by atoms with E-state index in [-0.39, 0.29) is 0 Å². The summed E-state index contributed by atoms with van der Waals surface area (Å²) in [6.07, 6.45) is 0. The molecule has 0 saturated carbocycles. The van der Waals surface area contributed by atoms with Crippen LogP contribution in [0.25, 0.3) is 82.5 Å². The molecule has 0 atom stereocenters. The molecule has 3 heterocycles. The second-order valence-corrected chi connectivity index (χ2v) is 12.4. The van der Waals surface area contributed by atoms with Crippen LogP contribution in [0, 0.1) is 22.7 Å². The molecule has 10 aromatic rings. The molecule has 5 nitrogen and oxygen atoms in total. The van der Waals surface area contributed by atoms with E-state index in [9.17, 15) is 10.5 Å². The van der Waals surface area contributed by atoms with E-state index in [0.717, 1.165) is 82.5 Å². The van der Waals surface area contributed by atoms with E-state index in [0.29, 0.717) is 11.1 Å². The topological polar surface area (TPSA) is 62.4 Å². The molecule has 49 heavy (non-hydrogen) atoms. The third-order valence-corrected chi connectivity index (χ3v) is 9.87. The SMILES string of the molecule is N#Cc1ccc(-n2c3c(ccc4c3c3ccccc3n4-c3ccccc3)c3c(C#N)cc4c(c5ccccc5n4-c4ccccc4)c32)cc1. The molecule has 3 aromatic heterocycles. The van der Waals surface area contributed by atoms with E-state index >= 15 is 0 Å². The van der Waals surface area contributed by atoms with E-state index in [2.05, 4.69) is 129 Å². The van der Waals surface area contributed by atoms with Crippen molar-refractivity contribution >= 4 is 65.4 Å². The molecule has 0 bridgehead atoms. The van der Waals surface area contributed by atoms with Crippen molar-refractivity contribution in [2.75, 3.05) is 0 Å². The van der Waals surface area contributed by atoms with Crippen LogP contribution in [0.4, 0.5) is 0 Å². The summed E-state index contributed by atoms with van der Waals surface area (Å²) in [7, 11) is 0. The third-order valence-electron chi connectivity index (χ3n) is 9.87. The molecule has 0 aliphatic rings. The predicted molar refractivity (Wildman–Crippen MR) is 199 cm³/mol. The van der Waals surface area contributed by atoms with Gasteiger partial charge in [0.1, 0.15) is 0 Å². The molecule has 0 fully saturated rings. The summed E-state index contributed by atoms with van der Waals surface area (Å²) in [5, 5.41) is 26.9. The van der Waals surface area contributed by atoms with Crippen molar-refractivity contribution < 1.29 is 0 Å². The molecule has 0 saturated heterocycles. The van der Waals surface area contributed by atoms with E-state index in [1.807, 2.05) is 48.5 Å². The van der Waals surface area contributed by atoms with Gasteiger partial charge in [0, 0.05) is 49.4 Å². The first-order valence-corrected chi connectivity index (χ1v) is 16.2. The summed E-state index contributed by atoms with van der Waals surface area (Å²) in [4.78, 5) is 0.